The van der Waals surface area contributed by atoms with E-state index in [0.717, 1.165) is 16.8 Å². The average molecular weight is 322 g/mol. The minimum atomic E-state index is -0.387. The number of carbonyl (C=O) groups excluding carboxylic acids is 1. The highest BCUT2D eigenvalue weighted by Crippen LogP contribution is 2.27. The molecular formula is C16H26N4OS. The predicted octanol–water partition coefficient (Wildman–Crippen LogP) is 2.87. The van der Waals surface area contributed by atoms with E-state index in [1.165, 1.54) is 22.3 Å². The van der Waals surface area contributed by atoms with E-state index in [1.807, 2.05) is 41.5 Å². The molecule has 0 bridgehead atoms. The molecule has 0 fully saturated rings. The van der Waals surface area contributed by atoms with Crippen LogP contribution in [0, 0.1) is 26.2 Å². The van der Waals surface area contributed by atoms with Crippen molar-refractivity contribution in [1.29, 1.82) is 0 Å². The summed E-state index contributed by atoms with van der Waals surface area (Å²) in [6.07, 6.45) is 0. The molecule has 1 rings (SSSR count). The molecule has 4 N–H and O–H groups in total. The van der Waals surface area contributed by atoms with Gasteiger partial charge in [0.05, 0.1) is 11.4 Å². The van der Waals surface area contributed by atoms with Crippen molar-refractivity contribution in [3.63, 3.8) is 0 Å². The van der Waals surface area contributed by atoms with Gasteiger partial charge >= 0.3 is 0 Å². The van der Waals surface area contributed by atoms with Crippen molar-refractivity contribution in [2.45, 2.75) is 41.5 Å². The second-order valence-corrected chi connectivity index (χ2v) is 7.43. The van der Waals surface area contributed by atoms with Crippen LogP contribution in [-0.4, -0.2) is 16.7 Å². The van der Waals surface area contributed by atoms with Crippen molar-refractivity contribution in [2.75, 3.05) is 10.8 Å². The van der Waals surface area contributed by atoms with E-state index < -0.39 is 0 Å². The van der Waals surface area contributed by atoms with Crippen LogP contribution in [0.2, 0.25) is 0 Å². The Morgan fingerprint density at radius 2 is 1.73 bits per heavy atom. The summed E-state index contributed by atoms with van der Waals surface area (Å²) in [5.74, 6) is 12.1. The molecule has 0 aliphatic heterocycles. The van der Waals surface area contributed by atoms with Gasteiger partial charge in [0.1, 0.15) is 5.78 Å². The minimum absolute atomic E-state index is 0.129. The standard InChI is InChI=1S/C16H26N4OS/c1-10-7-11(2)14(12(3)8-10)20(18)15(19-17)22-9-13(21)16(4,5)6/h7-8H,9,17-18H2,1-6H3/b19-15+. The van der Waals surface area contributed by atoms with Gasteiger partial charge in [-0.15, -0.1) is 0 Å². The van der Waals surface area contributed by atoms with Crippen LogP contribution in [0.25, 0.3) is 0 Å². The van der Waals surface area contributed by atoms with Crippen LogP contribution in [-0.2, 0) is 4.79 Å². The van der Waals surface area contributed by atoms with Gasteiger partial charge in [-0.2, -0.15) is 5.10 Å². The first-order valence-electron chi connectivity index (χ1n) is 7.14. The number of hydrazone groups is 1. The number of hydrazine groups is 1. The lowest BCUT2D eigenvalue weighted by atomic mass is 9.92. The number of aryl methyl sites for hydroxylation is 3. The third-order valence-corrected chi connectivity index (χ3v) is 4.33. The molecule has 1 aromatic carbocycles. The number of amidine groups is 1. The number of carbonyl (C=O) groups is 1. The topological polar surface area (TPSA) is 84.7 Å². The van der Waals surface area contributed by atoms with Crippen LogP contribution in [0.4, 0.5) is 5.69 Å². The van der Waals surface area contributed by atoms with E-state index in [-0.39, 0.29) is 17.0 Å². The Balaban J connectivity index is 2.96. The number of nitrogens with two attached hydrogens (primary N) is 2. The molecule has 0 radical (unpaired) electrons. The minimum Gasteiger partial charge on any atom is -0.321 e. The second kappa shape index (κ2) is 7.15. The Hall–Kier alpha value is -1.53. The largest absolute Gasteiger partial charge is 0.321 e. The first-order valence-corrected chi connectivity index (χ1v) is 8.13. The van der Waals surface area contributed by atoms with Crippen molar-refractivity contribution in [3.8, 4) is 0 Å². The van der Waals surface area contributed by atoms with Crippen LogP contribution in [0.1, 0.15) is 37.5 Å². The fraction of sp³-hybridized carbons (Fsp3) is 0.500. The van der Waals surface area contributed by atoms with Gasteiger partial charge in [-0.3, -0.25) is 9.80 Å². The Bertz CT molecular complexity index is 567. The fourth-order valence-corrected chi connectivity index (χ4v) is 3.16. The average Bonchev–Trinajstić information content (AvgIpc) is 2.36. The number of thioether (sulfide) groups is 1. The number of benzene rings is 1. The number of Topliss-reactive ketones (excluding diaryl/α,β-unsaturated/α-hetero) is 1. The third-order valence-electron chi connectivity index (χ3n) is 3.36. The SMILES string of the molecule is Cc1cc(C)c(N(N)/C(=N\N)SCC(=O)C(C)(C)C)c(C)c1. The van der Waals surface area contributed by atoms with Crippen molar-refractivity contribution >= 4 is 28.4 Å². The van der Waals surface area contributed by atoms with Crippen molar-refractivity contribution in [1.82, 2.24) is 0 Å². The highest BCUT2D eigenvalue weighted by molar-refractivity contribution is 8.14. The number of hydrogen-bond acceptors (Lipinski definition) is 5. The lowest BCUT2D eigenvalue weighted by Gasteiger charge is -2.24. The zero-order valence-corrected chi connectivity index (χ0v) is 15.0. The zero-order chi connectivity index (χ0) is 17.1. The summed E-state index contributed by atoms with van der Waals surface area (Å²) in [6.45, 7) is 11.7. The third kappa shape index (κ3) is 4.48. The van der Waals surface area contributed by atoms with E-state index in [2.05, 4.69) is 17.2 Å². The smallest absolute Gasteiger partial charge is 0.201 e. The predicted molar refractivity (Wildman–Crippen MR) is 95.9 cm³/mol. The van der Waals surface area contributed by atoms with Crippen molar-refractivity contribution in [2.24, 2.45) is 22.2 Å². The van der Waals surface area contributed by atoms with Gasteiger partial charge in [-0.05, 0) is 31.9 Å². The van der Waals surface area contributed by atoms with Crippen molar-refractivity contribution < 1.29 is 4.79 Å². The highest BCUT2D eigenvalue weighted by Gasteiger charge is 2.23. The lowest BCUT2D eigenvalue weighted by molar-refractivity contribution is -0.123. The summed E-state index contributed by atoms with van der Waals surface area (Å²) in [5, 5.41) is 5.64. The van der Waals surface area contributed by atoms with Gasteiger partial charge in [0, 0.05) is 5.41 Å². The van der Waals surface area contributed by atoms with Crippen LogP contribution in [0.5, 0.6) is 0 Å². The summed E-state index contributed by atoms with van der Waals surface area (Å²) in [6, 6.07) is 4.11. The molecule has 0 saturated carbocycles. The number of rotatable bonds is 3. The molecule has 0 aliphatic carbocycles. The molecule has 0 aromatic heterocycles. The van der Waals surface area contributed by atoms with Crippen LogP contribution in [0.15, 0.2) is 17.2 Å². The summed E-state index contributed by atoms with van der Waals surface area (Å²) in [4.78, 5) is 12.0. The Labute approximate surface area is 137 Å². The second-order valence-electron chi connectivity index (χ2n) is 6.49. The van der Waals surface area contributed by atoms with E-state index in [4.69, 9.17) is 11.7 Å². The fourth-order valence-electron chi connectivity index (χ4n) is 2.16. The summed E-state index contributed by atoms with van der Waals surface area (Å²) < 4.78 is 0. The lowest BCUT2D eigenvalue weighted by Crippen LogP contribution is -2.38. The molecular weight excluding hydrogens is 296 g/mol. The van der Waals surface area contributed by atoms with Gasteiger partial charge < -0.3 is 5.84 Å². The van der Waals surface area contributed by atoms with Gasteiger partial charge in [0.25, 0.3) is 0 Å². The number of hydrogen-bond donors (Lipinski definition) is 2. The molecule has 5 nitrogen and oxygen atoms in total. The maximum atomic E-state index is 12.0. The van der Waals surface area contributed by atoms with Crippen molar-refractivity contribution in [3.05, 3.63) is 28.8 Å². The van der Waals surface area contributed by atoms with Crippen LogP contribution in [0.3, 0.4) is 0 Å². The van der Waals surface area contributed by atoms with Crippen LogP contribution < -0.4 is 16.7 Å². The Morgan fingerprint density at radius 1 is 1.23 bits per heavy atom. The van der Waals surface area contributed by atoms with Gasteiger partial charge in [0.2, 0.25) is 5.17 Å². The summed E-state index contributed by atoms with van der Waals surface area (Å²) >= 11 is 1.26. The Morgan fingerprint density at radius 3 is 2.14 bits per heavy atom. The van der Waals surface area contributed by atoms with Gasteiger partial charge in [0.15, 0.2) is 0 Å². The molecule has 0 saturated heterocycles. The number of ketones is 1. The molecule has 0 spiro atoms. The quantitative estimate of drug-likeness (QED) is 0.387. The number of nitrogens with zero attached hydrogens (tertiary/aromatic N) is 2. The monoisotopic (exact) mass is 322 g/mol. The Kier molecular flexibility index (Phi) is 6.02. The maximum absolute atomic E-state index is 12.0. The molecule has 0 amide bonds. The maximum Gasteiger partial charge on any atom is 0.201 e. The molecule has 22 heavy (non-hydrogen) atoms. The molecule has 122 valence electrons. The van der Waals surface area contributed by atoms with E-state index in [0.29, 0.717) is 5.17 Å². The molecule has 0 aliphatic rings. The van der Waals surface area contributed by atoms with E-state index in [9.17, 15) is 4.79 Å². The molecule has 0 unspecified atom stereocenters. The van der Waals surface area contributed by atoms with E-state index in [1.54, 1.807) is 0 Å². The molecule has 6 heteroatoms. The highest BCUT2D eigenvalue weighted by atomic mass is 32.2. The first-order chi connectivity index (χ1) is 10.1. The summed E-state index contributed by atoms with van der Waals surface area (Å²) in [5.41, 5.74) is 3.74. The summed E-state index contributed by atoms with van der Waals surface area (Å²) in [7, 11) is 0. The molecule has 0 heterocycles. The molecule has 0 atom stereocenters. The van der Waals surface area contributed by atoms with Gasteiger partial charge in [-0.25, -0.2) is 5.84 Å². The van der Waals surface area contributed by atoms with E-state index >= 15 is 0 Å². The van der Waals surface area contributed by atoms with Crippen LogP contribution >= 0.6 is 11.8 Å². The molecule has 1 aromatic rings. The normalized spacial score (nSPS) is 12.4. The number of anilines is 1. The van der Waals surface area contributed by atoms with Gasteiger partial charge in [-0.1, -0.05) is 50.2 Å². The zero-order valence-electron chi connectivity index (χ0n) is 14.2. The first kappa shape index (κ1) is 18.5.